The summed E-state index contributed by atoms with van der Waals surface area (Å²) in [5.74, 6) is 1.36. The molecule has 0 saturated carbocycles. The lowest BCUT2D eigenvalue weighted by Gasteiger charge is -2.23. The van der Waals surface area contributed by atoms with Crippen molar-refractivity contribution in [2.24, 2.45) is 5.92 Å². The van der Waals surface area contributed by atoms with E-state index in [4.69, 9.17) is 14.7 Å². The molecular formula is C18H29N2O3+. The monoisotopic (exact) mass is 321 g/mol. The van der Waals surface area contributed by atoms with Crippen LogP contribution in [0, 0.1) is 17.2 Å². The average Bonchev–Trinajstić information content (AvgIpc) is 2.52. The number of rotatable bonds is 11. The van der Waals surface area contributed by atoms with Crippen LogP contribution in [0.3, 0.4) is 0 Å². The number of aliphatic hydroxyl groups excluding tert-OH is 1. The molecule has 128 valence electrons. The Hall–Kier alpha value is -1.61. The molecular weight excluding hydrogens is 292 g/mol. The molecule has 0 fully saturated rings. The summed E-state index contributed by atoms with van der Waals surface area (Å²) >= 11 is 0. The molecule has 0 spiro atoms. The van der Waals surface area contributed by atoms with Crippen molar-refractivity contribution in [3.8, 4) is 11.8 Å². The van der Waals surface area contributed by atoms with Crippen LogP contribution < -0.4 is 9.64 Å². The summed E-state index contributed by atoms with van der Waals surface area (Å²) in [6.45, 7) is 7.42. The fourth-order valence-corrected chi connectivity index (χ4v) is 2.52. The Kier molecular flexibility index (Phi) is 9.30. The molecule has 0 aliphatic carbocycles. The molecule has 0 bridgehead atoms. The van der Waals surface area contributed by atoms with Gasteiger partial charge in [0.05, 0.1) is 45.9 Å². The zero-order valence-electron chi connectivity index (χ0n) is 14.4. The SMILES string of the molecule is COc1ccc(COC[C@H](O)C[NH+](CCC#N)CC(C)C)cc1. The van der Waals surface area contributed by atoms with Crippen LogP contribution in [0.1, 0.15) is 25.8 Å². The first kappa shape index (κ1) is 19.4. The molecule has 23 heavy (non-hydrogen) atoms. The second-order valence-corrected chi connectivity index (χ2v) is 6.23. The van der Waals surface area contributed by atoms with E-state index in [1.807, 2.05) is 24.3 Å². The molecule has 0 heterocycles. The summed E-state index contributed by atoms with van der Waals surface area (Å²) in [5, 5.41) is 18.9. The molecule has 5 nitrogen and oxygen atoms in total. The molecule has 0 saturated heterocycles. The van der Waals surface area contributed by atoms with Gasteiger partial charge in [0.1, 0.15) is 18.4 Å². The Morgan fingerprint density at radius 1 is 1.22 bits per heavy atom. The number of methoxy groups -OCH3 is 1. The van der Waals surface area contributed by atoms with Crippen molar-refractivity contribution in [3.05, 3.63) is 29.8 Å². The Bertz CT molecular complexity index is 468. The minimum absolute atomic E-state index is 0.306. The summed E-state index contributed by atoms with van der Waals surface area (Å²) in [7, 11) is 1.64. The molecule has 0 amide bonds. The Morgan fingerprint density at radius 3 is 2.48 bits per heavy atom. The number of nitrogens with zero attached hydrogens (tertiary/aromatic N) is 1. The van der Waals surface area contributed by atoms with Crippen LogP contribution in [-0.4, -0.2) is 44.6 Å². The number of nitriles is 1. The van der Waals surface area contributed by atoms with Crippen molar-refractivity contribution in [1.29, 1.82) is 5.26 Å². The first-order valence-electron chi connectivity index (χ1n) is 8.14. The number of benzene rings is 1. The first-order chi connectivity index (χ1) is 11.0. The van der Waals surface area contributed by atoms with Gasteiger partial charge < -0.3 is 19.5 Å². The molecule has 1 rings (SSSR count). The zero-order chi connectivity index (χ0) is 17.1. The van der Waals surface area contributed by atoms with E-state index < -0.39 is 6.10 Å². The van der Waals surface area contributed by atoms with E-state index in [1.165, 1.54) is 4.90 Å². The highest BCUT2D eigenvalue weighted by molar-refractivity contribution is 5.26. The second-order valence-electron chi connectivity index (χ2n) is 6.23. The standard InChI is InChI=1S/C18H28N2O3/c1-15(2)11-20(10-4-9-19)12-17(21)14-23-13-16-5-7-18(22-3)8-6-16/h5-8,15,17,21H,4,10-14H2,1-3H3/p+1/t17-/m1/s1. The molecule has 1 unspecified atom stereocenters. The van der Waals surface area contributed by atoms with Crippen LogP contribution in [0.2, 0.25) is 0 Å². The molecule has 0 aliphatic rings. The predicted octanol–water partition coefficient (Wildman–Crippen LogP) is 1.03. The molecule has 0 aliphatic heterocycles. The molecule has 5 heteroatoms. The third-order valence-corrected chi connectivity index (χ3v) is 3.55. The highest BCUT2D eigenvalue weighted by Crippen LogP contribution is 2.11. The lowest BCUT2D eigenvalue weighted by Crippen LogP contribution is -3.13. The van der Waals surface area contributed by atoms with E-state index in [9.17, 15) is 5.11 Å². The Balaban J connectivity index is 2.32. The van der Waals surface area contributed by atoms with E-state index in [0.717, 1.165) is 24.4 Å². The van der Waals surface area contributed by atoms with Crippen LogP contribution in [0.25, 0.3) is 0 Å². The van der Waals surface area contributed by atoms with Crippen LogP contribution in [0.4, 0.5) is 0 Å². The summed E-state index contributed by atoms with van der Waals surface area (Å²) in [4.78, 5) is 1.25. The normalized spacial score (nSPS) is 13.6. The van der Waals surface area contributed by atoms with Gasteiger partial charge in [0.2, 0.25) is 0 Å². The van der Waals surface area contributed by atoms with Gasteiger partial charge in [-0.15, -0.1) is 0 Å². The minimum Gasteiger partial charge on any atom is -0.497 e. The van der Waals surface area contributed by atoms with Crippen molar-refractivity contribution in [2.45, 2.75) is 33.0 Å². The minimum atomic E-state index is -0.513. The average molecular weight is 321 g/mol. The van der Waals surface area contributed by atoms with Gasteiger partial charge in [-0.1, -0.05) is 26.0 Å². The highest BCUT2D eigenvalue weighted by atomic mass is 16.5. The van der Waals surface area contributed by atoms with Gasteiger partial charge in [-0.05, 0) is 17.7 Å². The van der Waals surface area contributed by atoms with E-state index in [0.29, 0.717) is 32.1 Å². The van der Waals surface area contributed by atoms with Gasteiger partial charge in [-0.3, -0.25) is 0 Å². The molecule has 1 aromatic carbocycles. The molecule has 0 radical (unpaired) electrons. The number of quaternary nitrogens is 1. The van der Waals surface area contributed by atoms with Crippen molar-refractivity contribution in [2.75, 3.05) is 33.4 Å². The predicted molar refractivity (Wildman–Crippen MR) is 89.3 cm³/mol. The summed E-state index contributed by atoms with van der Waals surface area (Å²) < 4.78 is 10.7. The van der Waals surface area contributed by atoms with Gasteiger partial charge in [-0.2, -0.15) is 5.26 Å². The van der Waals surface area contributed by atoms with Crippen molar-refractivity contribution in [1.82, 2.24) is 0 Å². The van der Waals surface area contributed by atoms with Gasteiger partial charge in [0.25, 0.3) is 0 Å². The fraction of sp³-hybridized carbons (Fsp3) is 0.611. The Labute approximate surface area is 139 Å². The maximum Gasteiger partial charge on any atom is 0.126 e. The van der Waals surface area contributed by atoms with E-state index in [1.54, 1.807) is 7.11 Å². The maximum absolute atomic E-state index is 10.1. The van der Waals surface area contributed by atoms with Gasteiger partial charge in [0.15, 0.2) is 0 Å². The van der Waals surface area contributed by atoms with Crippen molar-refractivity contribution < 1.29 is 19.5 Å². The topological polar surface area (TPSA) is 66.9 Å². The molecule has 2 N–H and O–H groups in total. The summed E-state index contributed by atoms with van der Waals surface area (Å²) in [6.07, 6.45) is 0.00211. The fourth-order valence-electron chi connectivity index (χ4n) is 2.52. The summed E-state index contributed by atoms with van der Waals surface area (Å²) in [5.41, 5.74) is 1.05. The summed E-state index contributed by atoms with van der Waals surface area (Å²) in [6, 6.07) is 9.87. The van der Waals surface area contributed by atoms with Gasteiger partial charge in [-0.25, -0.2) is 0 Å². The molecule has 0 aromatic heterocycles. The van der Waals surface area contributed by atoms with Crippen LogP contribution >= 0.6 is 0 Å². The smallest absolute Gasteiger partial charge is 0.126 e. The largest absolute Gasteiger partial charge is 0.497 e. The van der Waals surface area contributed by atoms with Gasteiger partial charge >= 0.3 is 0 Å². The van der Waals surface area contributed by atoms with Crippen LogP contribution in [-0.2, 0) is 11.3 Å². The first-order valence-corrected chi connectivity index (χ1v) is 8.14. The van der Waals surface area contributed by atoms with Crippen LogP contribution in [0.5, 0.6) is 5.75 Å². The third kappa shape index (κ3) is 8.56. The van der Waals surface area contributed by atoms with Gasteiger partial charge in [0, 0.05) is 5.92 Å². The maximum atomic E-state index is 10.1. The number of nitrogens with one attached hydrogen (secondary N) is 1. The lowest BCUT2D eigenvalue weighted by molar-refractivity contribution is -0.905. The third-order valence-electron chi connectivity index (χ3n) is 3.55. The lowest BCUT2D eigenvalue weighted by atomic mass is 10.2. The van der Waals surface area contributed by atoms with E-state index in [2.05, 4.69) is 19.9 Å². The number of ether oxygens (including phenoxy) is 2. The number of hydrogen-bond acceptors (Lipinski definition) is 4. The van der Waals surface area contributed by atoms with Crippen molar-refractivity contribution in [3.63, 3.8) is 0 Å². The second kappa shape index (κ2) is 11.0. The number of aliphatic hydroxyl groups is 1. The Morgan fingerprint density at radius 2 is 1.91 bits per heavy atom. The molecule has 2 atom stereocenters. The number of hydrogen-bond donors (Lipinski definition) is 2. The van der Waals surface area contributed by atoms with Crippen LogP contribution in [0.15, 0.2) is 24.3 Å². The molecule has 1 aromatic rings. The quantitative estimate of drug-likeness (QED) is 0.639. The van der Waals surface area contributed by atoms with E-state index in [-0.39, 0.29) is 0 Å². The van der Waals surface area contributed by atoms with E-state index >= 15 is 0 Å². The zero-order valence-corrected chi connectivity index (χ0v) is 14.4. The highest BCUT2D eigenvalue weighted by Gasteiger charge is 2.16. The van der Waals surface area contributed by atoms with Crippen molar-refractivity contribution >= 4 is 0 Å².